The van der Waals surface area contributed by atoms with E-state index in [1.165, 1.54) is 19.3 Å². The summed E-state index contributed by atoms with van der Waals surface area (Å²) in [7, 11) is 0. The van der Waals surface area contributed by atoms with Gasteiger partial charge < -0.3 is 4.90 Å². The number of aromatic nitrogens is 2. The highest BCUT2D eigenvalue weighted by Gasteiger charge is 2.21. The van der Waals surface area contributed by atoms with Crippen molar-refractivity contribution in [1.29, 1.82) is 0 Å². The molecule has 3 aliphatic rings. The zero-order valence-electron chi connectivity index (χ0n) is 17.7. The summed E-state index contributed by atoms with van der Waals surface area (Å²) in [6, 6.07) is 1.81. The lowest BCUT2D eigenvalue weighted by Gasteiger charge is -2.35. The van der Waals surface area contributed by atoms with Gasteiger partial charge in [0.15, 0.2) is 0 Å². The molecule has 2 saturated heterocycles. The normalized spacial score (nSPS) is 21.8. The van der Waals surface area contributed by atoms with Crippen molar-refractivity contribution in [2.24, 2.45) is 0 Å². The Morgan fingerprint density at radius 3 is 2.21 bits per heavy atom. The van der Waals surface area contributed by atoms with Gasteiger partial charge in [-0.15, -0.1) is 0 Å². The minimum atomic E-state index is 0.0476. The number of aryl methyl sites for hydroxylation is 2. The molecule has 29 heavy (non-hydrogen) atoms. The SMILES string of the molecule is O=C1CCCCCN1CCN1CCN(CCn2nc3c(cc2=O)CCCC3)CC1. The van der Waals surface area contributed by atoms with Crippen LogP contribution >= 0.6 is 0 Å². The molecule has 0 spiro atoms. The van der Waals surface area contributed by atoms with Crippen LogP contribution < -0.4 is 5.56 Å². The van der Waals surface area contributed by atoms with Crippen LogP contribution in [-0.4, -0.2) is 82.7 Å². The van der Waals surface area contributed by atoms with Crippen molar-refractivity contribution in [1.82, 2.24) is 24.5 Å². The predicted molar refractivity (Wildman–Crippen MR) is 113 cm³/mol. The van der Waals surface area contributed by atoms with E-state index in [2.05, 4.69) is 19.8 Å². The molecule has 0 atom stereocenters. The summed E-state index contributed by atoms with van der Waals surface area (Å²) in [5.41, 5.74) is 2.34. The Balaban J connectivity index is 1.20. The minimum Gasteiger partial charge on any atom is -0.341 e. The van der Waals surface area contributed by atoms with Gasteiger partial charge in [0.05, 0.1) is 12.2 Å². The van der Waals surface area contributed by atoms with Gasteiger partial charge in [0.2, 0.25) is 5.91 Å². The number of nitrogens with zero attached hydrogens (tertiary/aromatic N) is 5. The van der Waals surface area contributed by atoms with Crippen LogP contribution in [0.3, 0.4) is 0 Å². The molecule has 0 bridgehead atoms. The fourth-order valence-corrected chi connectivity index (χ4v) is 4.77. The highest BCUT2D eigenvalue weighted by molar-refractivity contribution is 5.76. The van der Waals surface area contributed by atoms with Gasteiger partial charge in [-0.05, 0) is 44.1 Å². The summed E-state index contributed by atoms with van der Waals surface area (Å²) in [6.07, 6.45) is 8.48. The topological polar surface area (TPSA) is 61.7 Å². The molecular formula is C22H35N5O2. The van der Waals surface area contributed by atoms with Crippen molar-refractivity contribution < 1.29 is 4.79 Å². The van der Waals surface area contributed by atoms with Crippen molar-refractivity contribution in [2.75, 3.05) is 52.4 Å². The summed E-state index contributed by atoms with van der Waals surface area (Å²) in [4.78, 5) is 31.5. The second kappa shape index (κ2) is 9.85. The van der Waals surface area contributed by atoms with Gasteiger partial charge in [0.25, 0.3) is 5.56 Å². The number of hydrogen-bond acceptors (Lipinski definition) is 5. The number of piperazine rings is 1. The molecule has 1 amide bonds. The Kier molecular flexibility index (Phi) is 6.98. The zero-order chi connectivity index (χ0) is 20.1. The molecule has 0 saturated carbocycles. The van der Waals surface area contributed by atoms with Crippen LogP contribution in [0.15, 0.2) is 10.9 Å². The number of fused-ring (bicyclic) bond motifs is 1. The predicted octanol–water partition coefficient (Wildman–Crippen LogP) is 1.14. The molecule has 1 aromatic heterocycles. The average molecular weight is 402 g/mol. The molecule has 1 aromatic rings. The van der Waals surface area contributed by atoms with Crippen molar-refractivity contribution in [3.05, 3.63) is 27.7 Å². The van der Waals surface area contributed by atoms with Crippen molar-refractivity contribution in [2.45, 2.75) is 57.9 Å². The van der Waals surface area contributed by atoms with E-state index in [9.17, 15) is 9.59 Å². The van der Waals surface area contributed by atoms with Gasteiger partial charge in [-0.3, -0.25) is 19.4 Å². The molecule has 1 aliphatic carbocycles. The van der Waals surface area contributed by atoms with E-state index < -0.39 is 0 Å². The molecule has 160 valence electrons. The summed E-state index contributed by atoms with van der Waals surface area (Å²) in [5.74, 6) is 0.337. The van der Waals surface area contributed by atoms with Gasteiger partial charge in [-0.1, -0.05) is 6.42 Å². The van der Waals surface area contributed by atoms with Crippen LogP contribution in [0.1, 0.15) is 49.8 Å². The maximum atomic E-state index is 12.3. The van der Waals surface area contributed by atoms with E-state index >= 15 is 0 Å². The molecule has 4 rings (SSSR count). The first kappa shape index (κ1) is 20.5. The second-order valence-electron chi connectivity index (χ2n) is 8.76. The third kappa shape index (κ3) is 5.45. The highest BCUT2D eigenvalue weighted by Crippen LogP contribution is 2.17. The van der Waals surface area contributed by atoms with E-state index in [-0.39, 0.29) is 5.56 Å². The second-order valence-corrected chi connectivity index (χ2v) is 8.76. The summed E-state index contributed by atoms with van der Waals surface area (Å²) >= 11 is 0. The van der Waals surface area contributed by atoms with Crippen LogP contribution in [0.5, 0.6) is 0 Å². The van der Waals surface area contributed by atoms with E-state index in [0.717, 1.165) is 95.7 Å². The molecule has 7 heteroatoms. The summed E-state index contributed by atoms with van der Waals surface area (Å²) < 4.78 is 1.67. The van der Waals surface area contributed by atoms with Crippen LogP contribution in [0.4, 0.5) is 0 Å². The van der Waals surface area contributed by atoms with Crippen LogP contribution in [0.25, 0.3) is 0 Å². The quantitative estimate of drug-likeness (QED) is 0.715. The van der Waals surface area contributed by atoms with E-state index in [1.54, 1.807) is 4.68 Å². The van der Waals surface area contributed by atoms with E-state index in [1.807, 2.05) is 6.07 Å². The molecule has 2 fully saturated rings. The highest BCUT2D eigenvalue weighted by atomic mass is 16.2. The lowest BCUT2D eigenvalue weighted by atomic mass is 9.97. The Hall–Kier alpha value is -1.73. The van der Waals surface area contributed by atoms with Crippen molar-refractivity contribution in [3.8, 4) is 0 Å². The van der Waals surface area contributed by atoms with Crippen molar-refractivity contribution >= 4 is 5.91 Å². The van der Waals surface area contributed by atoms with E-state index in [4.69, 9.17) is 0 Å². The molecule has 0 N–H and O–H groups in total. The number of carbonyl (C=O) groups excluding carboxylic acids is 1. The molecule has 0 radical (unpaired) electrons. The number of rotatable bonds is 6. The Morgan fingerprint density at radius 1 is 0.724 bits per heavy atom. The van der Waals surface area contributed by atoms with Gasteiger partial charge in [0, 0.05) is 64.8 Å². The molecule has 3 heterocycles. The Morgan fingerprint density at radius 2 is 1.41 bits per heavy atom. The summed E-state index contributed by atoms with van der Waals surface area (Å²) in [6.45, 7) is 8.45. The van der Waals surface area contributed by atoms with E-state index in [0.29, 0.717) is 12.5 Å². The first-order chi connectivity index (χ1) is 14.2. The molecule has 7 nitrogen and oxygen atoms in total. The van der Waals surface area contributed by atoms with Gasteiger partial charge in [-0.2, -0.15) is 5.10 Å². The summed E-state index contributed by atoms with van der Waals surface area (Å²) in [5, 5.41) is 4.64. The van der Waals surface area contributed by atoms with Gasteiger partial charge in [0.1, 0.15) is 0 Å². The average Bonchev–Trinajstić information content (AvgIpc) is 2.95. The molecule has 0 aromatic carbocycles. The molecular weight excluding hydrogens is 366 g/mol. The largest absolute Gasteiger partial charge is 0.341 e. The lowest BCUT2D eigenvalue weighted by molar-refractivity contribution is -0.130. The fraction of sp³-hybridized carbons (Fsp3) is 0.773. The van der Waals surface area contributed by atoms with Crippen LogP contribution in [0, 0.1) is 0 Å². The third-order valence-corrected chi connectivity index (χ3v) is 6.72. The van der Waals surface area contributed by atoms with Crippen LogP contribution in [-0.2, 0) is 24.2 Å². The third-order valence-electron chi connectivity index (χ3n) is 6.72. The first-order valence-corrected chi connectivity index (χ1v) is 11.5. The number of hydrogen-bond donors (Lipinski definition) is 0. The standard InChI is InChI=1S/C22H35N5O2/c28-21-8-2-1-5-9-26(21)16-14-24-10-12-25(13-11-24)15-17-27-22(29)18-19-6-3-4-7-20(19)23-27/h18H,1-17H2. The zero-order valence-corrected chi connectivity index (χ0v) is 17.7. The fourth-order valence-electron chi connectivity index (χ4n) is 4.77. The van der Waals surface area contributed by atoms with Gasteiger partial charge >= 0.3 is 0 Å². The number of carbonyl (C=O) groups is 1. The molecule has 2 aliphatic heterocycles. The number of likely N-dealkylation sites (tertiary alicyclic amines) is 1. The maximum Gasteiger partial charge on any atom is 0.267 e. The monoisotopic (exact) mass is 401 g/mol. The lowest BCUT2D eigenvalue weighted by Crippen LogP contribution is -2.49. The smallest absolute Gasteiger partial charge is 0.267 e. The minimum absolute atomic E-state index is 0.0476. The van der Waals surface area contributed by atoms with Crippen LogP contribution in [0.2, 0.25) is 0 Å². The first-order valence-electron chi connectivity index (χ1n) is 11.5. The Labute approximate surface area is 173 Å². The van der Waals surface area contributed by atoms with Gasteiger partial charge in [-0.25, -0.2) is 4.68 Å². The number of amides is 1. The Bertz CT molecular complexity index is 754. The maximum absolute atomic E-state index is 12.3. The molecule has 0 unspecified atom stereocenters. The van der Waals surface area contributed by atoms with Crippen molar-refractivity contribution in [3.63, 3.8) is 0 Å².